The first-order valence-corrected chi connectivity index (χ1v) is 14.7. The molecule has 7 rings (SSSR count). The van der Waals surface area contributed by atoms with E-state index in [1.54, 1.807) is 17.8 Å². The van der Waals surface area contributed by atoms with Crippen molar-refractivity contribution in [3.8, 4) is 0 Å². The lowest BCUT2D eigenvalue weighted by molar-refractivity contribution is -0.121. The van der Waals surface area contributed by atoms with Gasteiger partial charge in [-0.15, -0.1) is 23.5 Å². The van der Waals surface area contributed by atoms with Crippen LogP contribution in [0.5, 0.6) is 0 Å². The van der Waals surface area contributed by atoms with Crippen molar-refractivity contribution in [3.63, 3.8) is 0 Å². The van der Waals surface area contributed by atoms with Crippen LogP contribution in [-0.4, -0.2) is 39.4 Å². The number of aromatic nitrogens is 1. The summed E-state index contributed by atoms with van der Waals surface area (Å²) in [5, 5.41) is 3.68. The summed E-state index contributed by atoms with van der Waals surface area (Å²) in [6, 6.07) is 22.5. The lowest BCUT2D eigenvalue weighted by Gasteiger charge is -2.40. The van der Waals surface area contributed by atoms with E-state index in [4.69, 9.17) is 0 Å². The highest BCUT2D eigenvalue weighted by molar-refractivity contribution is 8.00. The van der Waals surface area contributed by atoms with Crippen molar-refractivity contribution >= 4 is 69.3 Å². The zero-order valence-electron chi connectivity index (χ0n) is 21.2. The molecule has 2 aliphatic heterocycles. The summed E-state index contributed by atoms with van der Waals surface area (Å²) in [5.41, 5.74) is 2.95. The summed E-state index contributed by atoms with van der Waals surface area (Å²) < 4.78 is 0. The van der Waals surface area contributed by atoms with E-state index in [1.807, 2.05) is 90.0 Å². The second-order valence-corrected chi connectivity index (χ2v) is 12.3. The number of imide groups is 1. The third-order valence-corrected chi connectivity index (χ3v) is 9.71. The predicted octanol–water partition coefficient (Wildman–Crippen LogP) is 6.60. The number of allylic oxidation sites excluding steroid dienone is 2. The fourth-order valence-electron chi connectivity index (χ4n) is 5.36. The fraction of sp³-hybridized carbons (Fsp3) is 0.129. The minimum absolute atomic E-state index is 0.0965. The number of hydrogen-bond donors (Lipinski definition) is 2. The maximum absolute atomic E-state index is 13.6. The maximum atomic E-state index is 13.6. The van der Waals surface area contributed by atoms with Gasteiger partial charge in [-0.3, -0.25) is 14.5 Å². The topological polar surface area (TPSA) is 85.5 Å². The average Bonchev–Trinajstić information content (AvgIpc) is 3.54. The van der Waals surface area contributed by atoms with Gasteiger partial charge in [0.15, 0.2) is 0 Å². The highest BCUT2D eigenvalue weighted by atomic mass is 32.2. The summed E-state index contributed by atoms with van der Waals surface area (Å²) in [6.45, 7) is 0. The molecule has 3 heterocycles. The van der Waals surface area contributed by atoms with Crippen molar-refractivity contribution in [2.45, 2.75) is 32.8 Å². The molecule has 0 spiro atoms. The third-order valence-electron chi connectivity index (χ3n) is 7.23. The summed E-state index contributed by atoms with van der Waals surface area (Å²) in [7, 11) is 0. The number of carbonyl (C=O) groups excluding carboxylic acids is 3. The Balaban J connectivity index is 1.09. The molecule has 0 radical (unpaired) electrons. The first-order valence-electron chi connectivity index (χ1n) is 13.0. The van der Waals surface area contributed by atoms with Crippen LogP contribution in [0.15, 0.2) is 113 Å². The lowest BCUT2D eigenvalue weighted by atomic mass is 10.1. The smallest absolute Gasteiger partial charge is 0.326 e. The molecule has 0 saturated carbocycles. The maximum Gasteiger partial charge on any atom is 0.326 e. The number of para-hydroxylation sites is 1. The molecule has 1 saturated heterocycles. The van der Waals surface area contributed by atoms with Gasteiger partial charge in [0.05, 0.1) is 27.9 Å². The number of urea groups is 1. The zero-order valence-corrected chi connectivity index (χ0v) is 22.8. The Bertz CT molecular complexity index is 1730. The molecular weight excluding hydrogens is 541 g/mol. The van der Waals surface area contributed by atoms with Gasteiger partial charge in [-0.05, 0) is 53.9 Å². The summed E-state index contributed by atoms with van der Waals surface area (Å²) >= 11 is 3.10. The summed E-state index contributed by atoms with van der Waals surface area (Å²) in [4.78, 5) is 47.9. The molecule has 1 fully saturated rings. The van der Waals surface area contributed by atoms with Gasteiger partial charge in [-0.25, -0.2) is 9.69 Å². The van der Waals surface area contributed by atoms with Crippen LogP contribution in [0.3, 0.4) is 0 Å². The molecule has 3 unspecified atom stereocenters. The van der Waals surface area contributed by atoms with Gasteiger partial charge in [0.2, 0.25) is 11.8 Å². The molecule has 3 atom stereocenters. The van der Waals surface area contributed by atoms with Gasteiger partial charge in [0.1, 0.15) is 0 Å². The predicted molar refractivity (Wildman–Crippen MR) is 161 cm³/mol. The number of fused-ring (bicyclic) bond motifs is 3. The van der Waals surface area contributed by atoms with Crippen molar-refractivity contribution in [2.75, 3.05) is 15.1 Å². The number of thioether (sulfide) groups is 2. The van der Waals surface area contributed by atoms with Crippen LogP contribution in [0.2, 0.25) is 0 Å². The van der Waals surface area contributed by atoms with Crippen molar-refractivity contribution in [1.29, 1.82) is 0 Å². The van der Waals surface area contributed by atoms with Crippen LogP contribution in [-0.2, 0) is 9.59 Å². The number of nitrogens with one attached hydrogen (secondary N) is 2. The third kappa shape index (κ3) is 4.41. The minimum Gasteiger partial charge on any atom is -0.361 e. The molecule has 9 heteroatoms. The van der Waals surface area contributed by atoms with E-state index in [9.17, 15) is 14.4 Å². The first-order chi connectivity index (χ1) is 19.5. The Morgan fingerprint density at radius 2 is 1.85 bits per heavy atom. The van der Waals surface area contributed by atoms with Crippen LogP contribution >= 0.6 is 23.5 Å². The van der Waals surface area contributed by atoms with E-state index < -0.39 is 5.25 Å². The molecule has 4 aromatic rings. The molecule has 0 bridgehead atoms. The van der Waals surface area contributed by atoms with E-state index in [2.05, 4.69) is 22.5 Å². The van der Waals surface area contributed by atoms with Crippen LogP contribution in [0.1, 0.15) is 6.42 Å². The molecule has 1 aromatic heterocycles. The number of nitrogens with zero attached hydrogens (tertiary/aromatic N) is 2. The highest BCUT2D eigenvalue weighted by Gasteiger charge is 2.40. The number of benzene rings is 3. The zero-order chi connectivity index (χ0) is 27.2. The highest BCUT2D eigenvalue weighted by Crippen LogP contribution is 2.44. The quantitative estimate of drug-likeness (QED) is 0.273. The SMILES string of the molecule is O=C1CC(Sc2cccc(NC(=O)N3c4ccccc4SC4C=CC=CC43)c2)C(=O)N1c1ccc2cc[nH]c2c1. The molecule has 40 heavy (non-hydrogen) atoms. The Morgan fingerprint density at radius 3 is 2.77 bits per heavy atom. The Kier molecular flexibility index (Phi) is 6.25. The number of H-pyrrole nitrogens is 1. The molecule has 3 aliphatic rings. The summed E-state index contributed by atoms with van der Waals surface area (Å²) in [6.07, 6.45) is 10.1. The normalized spacial score (nSPS) is 21.6. The van der Waals surface area contributed by atoms with Gasteiger partial charge in [-0.2, -0.15) is 0 Å². The molecule has 2 N–H and O–H groups in total. The van der Waals surface area contributed by atoms with Crippen molar-refractivity contribution < 1.29 is 14.4 Å². The van der Waals surface area contributed by atoms with Crippen molar-refractivity contribution in [2.24, 2.45) is 0 Å². The van der Waals surface area contributed by atoms with Gasteiger partial charge in [0.25, 0.3) is 0 Å². The molecular formula is C31H24N4O3S2. The van der Waals surface area contributed by atoms with Crippen molar-refractivity contribution in [3.05, 3.63) is 103 Å². The minimum atomic E-state index is -0.538. The van der Waals surface area contributed by atoms with Crippen molar-refractivity contribution in [1.82, 2.24) is 4.98 Å². The molecule has 3 aromatic carbocycles. The van der Waals surface area contributed by atoms with Gasteiger partial charge >= 0.3 is 6.03 Å². The van der Waals surface area contributed by atoms with Gasteiger partial charge in [0, 0.05) is 33.6 Å². The number of aromatic amines is 1. The van der Waals surface area contributed by atoms with Crippen LogP contribution in [0.25, 0.3) is 10.9 Å². The Labute approximate surface area is 239 Å². The van der Waals surface area contributed by atoms with E-state index in [0.717, 1.165) is 26.4 Å². The standard InChI is InChI=1S/C31H24N4O3S2/c36-29-18-28(30(37)34(29)21-13-12-19-14-15-32-23(19)17-21)39-22-7-5-6-20(16-22)33-31(38)35-24-8-1-3-10-26(24)40-27-11-4-2-9-25(27)35/h1-17,24,26,28,32H,18H2,(H,33,38). The number of carbonyl (C=O) groups is 3. The van der Waals surface area contributed by atoms with Crippen LogP contribution in [0.4, 0.5) is 21.9 Å². The van der Waals surface area contributed by atoms with Gasteiger partial charge in [-0.1, -0.05) is 48.6 Å². The second kappa shape index (κ2) is 10.1. The molecule has 7 nitrogen and oxygen atoms in total. The number of hydrogen-bond acceptors (Lipinski definition) is 5. The second-order valence-electron chi connectivity index (χ2n) is 9.77. The van der Waals surface area contributed by atoms with E-state index in [0.29, 0.717) is 11.4 Å². The van der Waals surface area contributed by atoms with Crippen LogP contribution < -0.4 is 15.1 Å². The fourth-order valence-corrected chi connectivity index (χ4v) is 7.73. The van der Waals surface area contributed by atoms with E-state index >= 15 is 0 Å². The number of amides is 4. The summed E-state index contributed by atoms with van der Waals surface area (Å²) in [5.74, 6) is -0.454. The largest absolute Gasteiger partial charge is 0.361 e. The number of rotatable bonds is 4. The van der Waals surface area contributed by atoms with E-state index in [1.165, 1.54) is 16.7 Å². The first kappa shape index (κ1) is 24.8. The van der Waals surface area contributed by atoms with Gasteiger partial charge < -0.3 is 10.3 Å². The molecule has 1 aliphatic carbocycles. The monoisotopic (exact) mass is 564 g/mol. The van der Waals surface area contributed by atoms with Crippen LogP contribution in [0, 0.1) is 0 Å². The Hall–Kier alpha value is -4.21. The molecule has 4 amide bonds. The number of anilines is 3. The average molecular weight is 565 g/mol. The molecule has 198 valence electrons. The van der Waals surface area contributed by atoms with E-state index in [-0.39, 0.29) is 35.6 Å². The Morgan fingerprint density at radius 1 is 0.975 bits per heavy atom. The lowest BCUT2D eigenvalue weighted by Crippen LogP contribution is -2.49.